The lowest BCUT2D eigenvalue weighted by Crippen LogP contribution is -2.58. The predicted octanol–water partition coefficient (Wildman–Crippen LogP) is -2.85. The fraction of sp³-hybridized carbons (Fsp3) is 0.688. The summed E-state index contributed by atoms with van der Waals surface area (Å²) in [5.74, 6) is -4.83. The lowest BCUT2D eigenvalue weighted by Gasteiger charge is -2.28. The average Bonchev–Trinajstić information content (AvgIpc) is 3.17. The van der Waals surface area contributed by atoms with Crippen LogP contribution in [0.1, 0.15) is 25.7 Å². The number of thiol groups is 1. The van der Waals surface area contributed by atoms with Crippen molar-refractivity contribution in [1.29, 1.82) is 0 Å². The van der Waals surface area contributed by atoms with Gasteiger partial charge in [0.15, 0.2) is 0 Å². The Hall–Kier alpha value is -2.38. The normalized spacial score (nSPS) is 19.1. The third-order valence-corrected chi connectivity index (χ3v) is 4.80. The number of carboxylic acids is 2. The van der Waals surface area contributed by atoms with Crippen molar-refractivity contribution in [1.82, 2.24) is 15.5 Å². The molecule has 164 valence electrons. The van der Waals surface area contributed by atoms with Gasteiger partial charge in [-0.1, -0.05) is 0 Å². The van der Waals surface area contributed by atoms with Crippen molar-refractivity contribution in [3.8, 4) is 0 Å². The van der Waals surface area contributed by atoms with E-state index in [-0.39, 0.29) is 18.7 Å². The number of carbonyl (C=O) groups is 5. The Morgan fingerprint density at radius 2 is 1.72 bits per heavy atom. The molecule has 4 atom stereocenters. The SMILES string of the molecule is NC(CO)C(=O)NC(CCC(=O)O)C(=O)NC(CS)C(=O)N1CCCC1C(=O)O. The Morgan fingerprint density at radius 3 is 2.24 bits per heavy atom. The van der Waals surface area contributed by atoms with Crippen molar-refractivity contribution in [2.45, 2.75) is 49.9 Å². The minimum atomic E-state index is -1.32. The number of amides is 3. The van der Waals surface area contributed by atoms with Gasteiger partial charge in [-0.2, -0.15) is 12.6 Å². The zero-order valence-electron chi connectivity index (χ0n) is 15.6. The maximum Gasteiger partial charge on any atom is 0.326 e. The zero-order valence-corrected chi connectivity index (χ0v) is 16.5. The third kappa shape index (κ3) is 7.18. The van der Waals surface area contributed by atoms with Gasteiger partial charge in [0.05, 0.1) is 6.61 Å². The van der Waals surface area contributed by atoms with Crippen LogP contribution in [0, 0.1) is 0 Å². The number of aliphatic hydroxyl groups is 1. The first-order valence-corrected chi connectivity index (χ1v) is 9.58. The Bertz CT molecular complexity index is 646. The molecule has 0 aliphatic carbocycles. The summed E-state index contributed by atoms with van der Waals surface area (Å²) in [5, 5.41) is 31.6. The molecule has 0 radical (unpaired) electrons. The number of nitrogens with zero attached hydrogens (tertiary/aromatic N) is 1. The van der Waals surface area contributed by atoms with E-state index >= 15 is 0 Å². The number of aliphatic hydroxyl groups excluding tert-OH is 1. The van der Waals surface area contributed by atoms with Gasteiger partial charge in [-0.15, -0.1) is 0 Å². The standard InChI is InChI=1S/C16H26N4O8S/c17-8(6-21)13(24)18-9(3-4-12(22)23)14(25)19-10(7-29)15(26)20-5-1-2-11(20)16(27)28/h8-11,21,29H,1-7,17H2,(H,18,24)(H,19,25)(H,22,23)(H,27,28). The molecule has 1 saturated heterocycles. The van der Waals surface area contributed by atoms with Crippen LogP contribution in [0.25, 0.3) is 0 Å². The number of likely N-dealkylation sites (tertiary alicyclic amines) is 1. The van der Waals surface area contributed by atoms with Crippen molar-refractivity contribution in [3.63, 3.8) is 0 Å². The number of hydrogen-bond acceptors (Lipinski definition) is 8. The topological polar surface area (TPSA) is 199 Å². The minimum Gasteiger partial charge on any atom is -0.481 e. The highest BCUT2D eigenvalue weighted by molar-refractivity contribution is 7.80. The van der Waals surface area contributed by atoms with Crippen LogP contribution in [-0.2, 0) is 24.0 Å². The van der Waals surface area contributed by atoms with Crippen LogP contribution in [0.2, 0.25) is 0 Å². The molecule has 0 aromatic rings. The highest BCUT2D eigenvalue weighted by Crippen LogP contribution is 2.19. The molecule has 1 aliphatic heterocycles. The molecule has 3 amide bonds. The van der Waals surface area contributed by atoms with Gasteiger partial charge in [-0.3, -0.25) is 19.2 Å². The van der Waals surface area contributed by atoms with Crippen molar-refractivity contribution < 1.29 is 39.3 Å². The Labute approximate surface area is 172 Å². The predicted molar refractivity (Wildman–Crippen MR) is 102 cm³/mol. The fourth-order valence-corrected chi connectivity index (χ4v) is 3.09. The summed E-state index contributed by atoms with van der Waals surface area (Å²) in [6.07, 6.45) is 0.0797. The number of hydrogen-bond donors (Lipinski definition) is 7. The number of carboxylic acid groups (broad SMARTS) is 2. The highest BCUT2D eigenvalue weighted by Gasteiger charge is 2.38. The average molecular weight is 434 g/mol. The van der Waals surface area contributed by atoms with Crippen LogP contribution < -0.4 is 16.4 Å². The van der Waals surface area contributed by atoms with Gasteiger partial charge in [-0.05, 0) is 19.3 Å². The summed E-state index contributed by atoms with van der Waals surface area (Å²) in [6.45, 7) is -0.455. The number of nitrogens with one attached hydrogen (secondary N) is 2. The molecule has 1 rings (SSSR count). The van der Waals surface area contributed by atoms with Crippen LogP contribution >= 0.6 is 12.6 Å². The Morgan fingerprint density at radius 1 is 1.10 bits per heavy atom. The summed E-state index contributed by atoms with van der Waals surface area (Å²) < 4.78 is 0. The molecule has 0 aromatic heterocycles. The van der Waals surface area contributed by atoms with Gasteiger partial charge < -0.3 is 36.6 Å². The summed E-state index contributed by atoms with van der Waals surface area (Å²) in [6, 6.07) is -4.79. The molecule has 1 heterocycles. The van der Waals surface area contributed by atoms with E-state index in [4.69, 9.17) is 15.9 Å². The Balaban J connectivity index is 2.87. The third-order valence-electron chi connectivity index (χ3n) is 4.43. The van der Waals surface area contributed by atoms with Gasteiger partial charge in [0.25, 0.3) is 0 Å². The first-order valence-electron chi connectivity index (χ1n) is 8.95. The molecular formula is C16H26N4O8S. The molecule has 1 aliphatic rings. The summed E-state index contributed by atoms with van der Waals surface area (Å²) in [4.78, 5) is 60.3. The molecule has 7 N–H and O–H groups in total. The molecule has 0 aromatic carbocycles. The maximum atomic E-state index is 12.7. The fourth-order valence-electron chi connectivity index (χ4n) is 2.84. The maximum absolute atomic E-state index is 12.7. The van der Waals surface area contributed by atoms with Crippen LogP contribution in [0.4, 0.5) is 0 Å². The van der Waals surface area contributed by atoms with Gasteiger partial charge in [0, 0.05) is 18.7 Å². The van der Waals surface area contributed by atoms with E-state index in [9.17, 15) is 29.1 Å². The molecule has 1 fully saturated rings. The molecule has 29 heavy (non-hydrogen) atoms. The smallest absolute Gasteiger partial charge is 0.326 e. The van der Waals surface area contributed by atoms with E-state index in [1.807, 2.05) is 0 Å². The number of aliphatic carboxylic acids is 2. The van der Waals surface area contributed by atoms with E-state index in [0.717, 1.165) is 4.90 Å². The second kappa shape index (κ2) is 11.6. The first-order chi connectivity index (χ1) is 13.6. The zero-order chi connectivity index (χ0) is 22.1. The first kappa shape index (κ1) is 24.7. The van der Waals surface area contributed by atoms with Crippen LogP contribution in [0.15, 0.2) is 0 Å². The second-order valence-electron chi connectivity index (χ2n) is 6.55. The van der Waals surface area contributed by atoms with E-state index in [0.29, 0.717) is 12.8 Å². The van der Waals surface area contributed by atoms with Crippen molar-refractivity contribution >= 4 is 42.3 Å². The van der Waals surface area contributed by atoms with Crippen LogP contribution in [0.5, 0.6) is 0 Å². The summed E-state index contributed by atoms with van der Waals surface area (Å²) >= 11 is 4.03. The molecule has 0 saturated carbocycles. The molecule has 12 nitrogen and oxygen atoms in total. The molecule has 4 unspecified atom stereocenters. The molecule has 0 bridgehead atoms. The lowest BCUT2D eigenvalue weighted by atomic mass is 10.1. The minimum absolute atomic E-state index is 0.136. The summed E-state index contributed by atoms with van der Waals surface area (Å²) in [7, 11) is 0. The second-order valence-corrected chi connectivity index (χ2v) is 6.92. The lowest BCUT2D eigenvalue weighted by molar-refractivity contribution is -0.149. The van der Waals surface area contributed by atoms with E-state index < -0.39 is 66.9 Å². The van der Waals surface area contributed by atoms with Crippen LogP contribution in [0.3, 0.4) is 0 Å². The van der Waals surface area contributed by atoms with Gasteiger partial charge in [-0.25, -0.2) is 4.79 Å². The van der Waals surface area contributed by atoms with Crippen molar-refractivity contribution in [2.24, 2.45) is 5.73 Å². The van der Waals surface area contributed by atoms with Crippen molar-refractivity contribution in [2.75, 3.05) is 18.9 Å². The molecule has 13 heteroatoms. The van der Waals surface area contributed by atoms with Crippen molar-refractivity contribution in [3.05, 3.63) is 0 Å². The number of nitrogens with two attached hydrogens (primary N) is 1. The van der Waals surface area contributed by atoms with E-state index in [2.05, 4.69) is 23.3 Å². The van der Waals surface area contributed by atoms with Gasteiger partial charge >= 0.3 is 11.9 Å². The number of rotatable bonds is 11. The monoisotopic (exact) mass is 434 g/mol. The van der Waals surface area contributed by atoms with E-state index in [1.165, 1.54) is 0 Å². The van der Waals surface area contributed by atoms with E-state index in [1.54, 1.807) is 0 Å². The quantitative estimate of drug-likeness (QED) is 0.167. The highest BCUT2D eigenvalue weighted by atomic mass is 32.1. The Kier molecular flexibility index (Phi) is 9.85. The van der Waals surface area contributed by atoms with Gasteiger partial charge in [0.2, 0.25) is 17.7 Å². The number of carbonyl (C=O) groups excluding carboxylic acids is 3. The largest absolute Gasteiger partial charge is 0.481 e. The van der Waals surface area contributed by atoms with Crippen LogP contribution in [-0.4, -0.2) is 93.0 Å². The van der Waals surface area contributed by atoms with Gasteiger partial charge in [0.1, 0.15) is 24.2 Å². The molecular weight excluding hydrogens is 408 g/mol. The summed E-state index contributed by atoms with van der Waals surface area (Å²) in [5.41, 5.74) is 5.38. The molecule has 0 spiro atoms.